The third-order valence-electron chi connectivity index (χ3n) is 8.55. The summed E-state index contributed by atoms with van der Waals surface area (Å²) in [5, 5.41) is 12.3. The lowest BCUT2D eigenvalue weighted by Crippen LogP contribution is -2.58. The van der Waals surface area contributed by atoms with E-state index < -0.39 is 23.5 Å². The molecule has 3 atom stereocenters. The van der Waals surface area contributed by atoms with E-state index in [0.29, 0.717) is 42.0 Å². The van der Waals surface area contributed by atoms with Crippen molar-refractivity contribution in [1.82, 2.24) is 25.5 Å². The molecule has 0 spiro atoms. The summed E-state index contributed by atoms with van der Waals surface area (Å²) in [6.45, 7) is 7.95. The number of nitrogens with zero attached hydrogens (tertiary/aromatic N) is 3. The SMILES string of the molecule is CN[C@@H](C)C(=O)N[C@H](C(=O)N1CCC[C@H]1C(=O)Cc1cc2c(Nc3ccc4ccccc4c3)ncnc2cc1OC)C(C)(C)C. The van der Waals surface area contributed by atoms with Crippen LogP contribution < -0.4 is 20.7 Å². The summed E-state index contributed by atoms with van der Waals surface area (Å²) in [6.07, 6.45) is 2.85. The van der Waals surface area contributed by atoms with Gasteiger partial charge in [0.15, 0.2) is 5.78 Å². The van der Waals surface area contributed by atoms with Gasteiger partial charge in [-0.1, -0.05) is 51.1 Å². The maximum atomic E-state index is 13.9. The molecule has 0 aliphatic carbocycles. The number of hydrogen-bond acceptors (Lipinski definition) is 8. The highest BCUT2D eigenvalue weighted by Crippen LogP contribution is 2.32. The smallest absolute Gasteiger partial charge is 0.246 e. The number of likely N-dealkylation sites (tertiary alicyclic amines) is 1. The quantitative estimate of drug-likeness (QED) is 0.234. The maximum Gasteiger partial charge on any atom is 0.246 e. The van der Waals surface area contributed by atoms with Gasteiger partial charge in [-0.15, -0.1) is 0 Å². The highest BCUT2D eigenvalue weighted by atomic mass is 16.5. The Kier molecular flexibility index (Phi) is 9.34. The van der Waals surface area contributed by atoms with Crippen LogP contribution in [0.2, 0.25) is 0 Å². The summed E-state index contributed by atoms with van der Waals surface area (Å²) in [5.41, 5.74) is 1.70. The molecule has 1 aromatic heterocycles. The van der Waals surface area contributed by atoms with Crippen molar-refractivity contribution in [2.75, 3.05) is 26.0 Å². The van der Waals surface area contributed by atoms with Crippen LogP contribution >= 0.6 is 0 Å². The Balaban J connectivity index is 1.40. The molecule has 0 radical (unpaired) electrons. The Labute approximate surface area is 263 Å². The number of anilines is 2. The molecule has 4 aromatic rings. The molecular formula is C35H42N6O4. The van der Waals surface area contributed by atoms with Gasteiger partial charge >= 0.3 is 0 Å². The standard InChI is InChI=1S/C35H42N6O4/c1-21(36-5)33(43)40-31(35(2,3)4)34(44)41-15-9-12-28(41)29(42)18-24-17-26-27(19-30(24)45-6)37-20-38-32(26)39-25-14-13-22-10-7-8-11-23(22)16-25/h7-8,10-11,13-14,16-17,19-21,28,31,36H,9,12,15,18H2,1-6H3,(H,40,43)(H,37,38,39)/t21-,28-,31+/m0/s1. The molecular weight excluding hydrogens is 568 g/mol. The zero-order chi connectivity index (χ0) is 32.3. The molecule has 5 rings (SSSR count). The van der Waals surface area contributed by atoms with Gasteiger partial charge in [-0.3, -0.25) is 14.4 Å². The molecule has 45 heavy (non-hydrogen) atoms. The Hall–Kier alpha value is -4.57. The number of amides is 2. The summed E-state index contributed by atoms with van der Waals surface area (Å²) < 4.78 is 5.69. The van der Waals surface area contributed by atoms with Gasteiger partial charge < -0.3 is 25.6 Å². The Morgan fingerprint density at radius 3 is 2.51 bits per heavy atom. The number of carbonyl (C=O) groups is 3. The minimum absolute atomic E-state index is 0.0706. The summed E-state index contributed by atoms with van der Waals surface area (Å²) >= 11 is 0. The molecule has 3 N–H and O–H groups in total. The van der Waals surface area contributed by atoms with Gasteiger partial charge in [-0.25, -0.2) is 9.97 Å². The van der Waals surface area contributed by atoms with Gasteiger partial charge in [0.2, 0.25) is 11.8 Å². The second-order valence-corrected chi connectivity index (χ2v) is 12.7. The van der Waals surface area contributed by atoms with E-state index in [0.717, 1.165) is 21.8 Å². The maximum absolute atomic E-state index is 13.9. The fourth-order valence-electron chi connectivity index (χ4n) is 5.84. The zero-order valence-corrected chi connectivity index (χ0v) is 26.8. The molecule has 0 bridgehead atoms. The third-order valence-corrected chi connectivity index (χ3v) is 8.55. The second-order valence-electron chi connectivity index (χ2n) is 12.7. The van der Waals surface area contributed by atoms with Crippen LogP contribution in [0.25, 0.3) is 21.7 Å². The number of benzene rings is 3. The van der Waals surface area contributed by atoms with Gasteiger partial charge in [0, 0.05) is 35.7 Å². The van der Waals surface area contributed by atoms with Gasteiger partial charge in [-0.05, 0) is 61.2 Å². The zero-order valence-electron chi connectivity index (χ0n) is 26.8. The van der Waals surface area contributed by atoms with Crippen molar-refractivity contribution >= 4 is 50.8 Å². The average Bonchev–Trinajstić information content (AvgIpc) is 3.52. The number of ketones is 1. The normalized spacial score (nSPS) is 16.4. The van der Waals surface area contributed by atoms with E-state index in [2.05, 4.69) is 50.2 Å². The van der Waals surface area contributed by atoms with Crippen molar-refractivity contribution < 1.29 is 19.1 Å². The van der Waals surface area contributed by atoms with E-state index in [4.69, 9.17) is 4.74 Å². The van der Waals surface area contributed by atoms with E-state index in [1.807, 2.05) is 51.1 Å². The van der Waals surface area contributed by atoms with Gasteiger partial charge in [0.1, 0.15) is 23.9 Å². The molecule has 2 heterocycles. The van der Waals surface area contributed by atoms with Crippen molar-refractivity contribution in [2.24, 2.45) is 5.41 Å². The number of likely N-dealkylation sites (N-methyl/N-ethyl adjacent to an activating group) is 1. The third kappa shape index (κ3) is 6.91. The highest BCUT2D eigenvalue weighted by Gasteiger charge is 2.42. The predicted molar refractivity (Wildman–Crippen MR) is 177 cm³/mol. The first-order valence-electron chi connectivity index (χ1n) is 15.4. The Bertz CT molecular complexity index is 1730. The van der Waals surface area contributed by atoms with Crippen molar-refractivity contribution in [3.05, 3.63) is 66.5 Å². The predicted octanol–water partition coefficient (Wildman–Crippen LogP) is 4.78. The second kappa shape index (κ2) is 13.2. The number of nitrogens with one attached hydrogen (secondary N) is 3. The van der Waals surface area contributed by atoms with Crippen LogP contribution in [-0.4, -0.2) is 71.3 Å². The van der Waals surface area contributed by atoms with Crippen LogP contribution in [-0.2, 0) is 20.8 Å². The lowest BCUT2D eigenvalue weighted by Gasteiger charge is -2.36. The molecule has 10 heteroatoms. The van der Waals surface area contributed by atoms with Crippen LogP contribution in [0.5, 0.6) is 5.75 Å². The van der Waals surface area contributed by atoms with Gasteiger partial charge in [0.05, 0.1) is 24.7 Å². The van der Waals surface area contributed by atoms with Crippen LogP contribution in [0.1, 0.15) is 46.1 Å². The van der Waals surface area contributed by atoms with E-state index in [1.54, 1.807) is 26.0 Å². The largest absolute Gasteiger partial charge is 0.496 e. The number of hydrogen-bond donors (Lipinski definition) is 3. The number of Topliss-reactive ketones (excluding diaryl/α,β-unsaturated/α-hetero) is 1. The summed E-state index contributed by atoms with van der Waals surface area (Å²) in [6, 6.07) is 16.2. The van der Waals surface area contributed by atoms with Gasteiger partial charge in [-0.2, -0.15) is 0 Å². The molecule has 10 nitrogen and oxygen atoms in total. The number of rotatable bonds is 10. The minimum Gasteiger partial charge on any atom is -0.496 e. The van der Waals surface area contributed by atoms with Crippen molar-refractivity contribution in [3.63, 3.8) is 0 Å². The molecule has 0 unspecified atom stereocenters. The summed E-state index contributed by atoms with van der Waals surface area (Å²) in [4.78, 5) is 51.1. The Morgan fingerprint density at radius 2 is 1.80 bits per heavy atom. The van der Waals surface area contributed by atoms with Crippen molar-refractivity contribution in [1.29, 1.82) is 0 Å². The number of carbonyl (C=O) groups excluding carboxylic acids is 3. The fourth-order valence-corrected chi connectivity index (χ4v) is 5.84. The average molecular weight is 611 g/mol. The number of methoxy groups -OCH3 is 1. The lowest BCUT2D eigenvalue weighted by atomic mass is 9.85. The minimum atomic E-state index is -0.773. The molecule has 0 saturated carbocycles. The van der Waals surface area contributed by atoms with E-state index in [1.165, 1.54) is 6.33 Å². The van der Waals surface area contributed by atoms with Gasteiger partial charge in [0.25, 0.3) is 0 Å². The first-order valence-corrected chi connectivity index (χ1v) is 15.4. The lowest BCUT2D eigenvalue weighted by molar-refractivity contribution is -0.143. The molecule has 1 aliphatic rings. The summed E-state index contributed by atoms with van der Waals surface area (Å²) in [7, 11) is 3.27. The van der Waals surface area contributed by atoms with E-state index >= 15 is 0 Å². The van der Waals surface area contributed by atoms with E-state index in [-0.39, 0.29) is 24.0 Å². The molecule has 2 amide bonds. The molecule has 236 valence electrons. The van der Waals surface area contributed by atoms with E-state index in [9.17, 15) is 14.4 Å². The van der Waals surface area contributed by atoms with Crippen LogP contribution in [0.3, 0.4) is 0 Å². The van der Waals surface area contributed by atoms with Crippen LogP contribution in [0, 0.1) is 5.41 Å². The number of aromatic nitrogens is 2. The molecule has 3 aromatic carbocycles. The summed E-state index contributed by atoms with van der Waals surface area (Å²) in [5.74, 6) is 0.577. The monoisotopic (exact) mass is 610 g/mol. The van der Waals surface area contributed by atoms with Crippen molar-refractivity contribution in [3.8, 4) is 5.75 Å². The highest BCUT2D eigenvalue weighted by molar-refractivity contribution is 5.97. The van der Waals surface area contributed by atoms with Crippen molar-refractivity contribution in [2.45, 2.75) is 65.1 Å². The van der Waals surface area contributed by atoms with Crippen LogP contribution in [0.4, 0.5) is 11.5 Å². The first-order chi connectivity index (χ1) is 21.5. The Morgan fingerprint density at radius 1 is 1.04 bits per heavy atom. The molecule has 1 fully saturated rings. The van der Waals surface area contributed by atoms with Crippen LogP contribution in [0.15, 0.2) is 60.9 Å². The molecule has 1 aliphatic heterocycles. The number of fused-ring (bicyclic) bond motifs is 2. The molecule has 1 saturated heterocycles. The fraction of sp³-hybridized carbons (Fsp3) is 0.400. The number of ether oxygens (including phenoxy) is 1. The topological polar surface area (TPSA) is 126 Å². The first kappa shape index (κ1) is 31.8.